The fraction of sp³-hybridized carbons (Fsp3) is 0.562. The third-order valence-corrected chi connectivity index (χ3v) is 4.18. The topological polar surface area (TPSA) is 53.5 Å². The van der Waals surface area contributed by atoms with Crippen LogP contribution in [0.25, 0.3) is 0 Å². The van der Waals surface area contributed by atoms with Gasteiger partial charge in [-0.2, -0.15) is 0 Å². The number of hydrogen-bond acceptors (Lipinski definition) is 3. The highest BCUT2D eigenvalue weighted by atomic mass is 19.1. The first-order valence-electron chi connectivity index (χ1n) is 7.57. The van der Waals surface area contributed by atoms with Crippen LogP contribution in [0.5, 0.6) is 0 Å². The quantitative estimate of drug-likeness (QED) is 0.857. The Bertz CT molecular complexity index is 562. The maximum Gasteiger partial charge on any atom is 0.256 e. The molecule has 1 atom stereocenters. The molecule has 0 bridgehead atoms. The summed E-state index contributed by atoms with van der Waals surface area (Å²) in [5.41, 5.74) is 0.0142. The van der Waals surface area contributed by atoms with Crippen molar-refractivity contribution in [3.8, 4) is 0 Å². The molecule has 0 unspecified atom stereocenters. The van der Waals surface area contributed by atoms with E-state index in [1.54, 1.807) is 16.8 Å². The highest BCUT2D eigenvalue weighted by Crippen LogP contribution is 2.21. The fourth-order valence-electron chi connectivity index (χ4n) is 2.62. The van der Waals surface area contributed by atoms with Gasteiger partial charge in [-0.25, -0.2) is 4.39 Å². The van der Waals surface area contributed by atoms with Crippen LogP contribution >= 0.6 is 0 Å². The van der Waals surface area contributed by atoms with Crippen molar-refractivity contribution in [2.75, 3.05) is 20.1 Å². The molecule has 1 fully saturated rings. The van der Waals surface area contributed by atoms with Gasteiger partial charge >= 0.3 is 0 Å². The summed E-state index contributed by atoms with van der Waals surface area (Å²) in [6.07, 6.45) is 3.95. The zero-order valence-corrected chi connectivity index (χ0v) is 13.3. The Morgan fingerprint density at radius 2 is 2.18 bits per heavy atom. The van der Waals surface area contributed by atoms with Crippen LogP contribution in [0.15, 0.2) is 18.5 Å². The molecule has 2 rings (SSSR count). The minimum atomic E-state index is -0.625. The number of rotatable bonds is 3. The Labute approximate surface area is 130 Å². The normalized spacial score (nSPS) is 18.4. The first-order chi connectivity index (χ1) is 10.4. The lowest BCUT2D eigenvalue weighted by Crippen LogP contribution is -2.47. The van der Waals surface area contributed by atoms with Crippen LogP contribution < -0.4 is 0 Å². The Morgan fingerprint density at radius 1 is 1.45 bits per heavy atom. The van der Waals surface area contributed by atoms with E-state index in [0.29, 0.717) is 13.1 Å². The summed E-state index contributed by atoms with van der Waals surface area (Å²) in [6, 6.07) is 1.50. The van der Waals surface area contributed by atoms with Crippen molar-refractivity contribution >= 4 is 11.8 Å². The highest BCUT2D eigenvalue weighted by molar-refractivity contribution is 5.94. The molecule has 0 aliphatic carbocycles. The van der Waals surface area contributed by atoms with Gasteiger partial charge in [0.1, 0.15) is 0 Å². The van der Waals surface area contributed by atoms with Crippen LogP contribution in [0.2, 0.25) is 0 Å². The number of halogens is 1. The molecule has 1 aromatic heterocycles. The molecular formula is C16H22FN3O2. The smallest absolute Gasteiger partial charge is 0.256 e. The molecular weight excluding hydrogens is 285 g/mol. The third-order valence-electron chi connectivity index (χ3n) is 4.18. The molecule has 0 N–H and O–H groups in total. The fourth-order valence-corrected chi connectivity index (χ4v) is 2.62. The second kappa shape index (κ2) is 6.85. The SMILES string of the molecule is CC(C)N(C)C(=O)[C@@H]1CCCN(C(=O)c2ccncc2F)C1. The number of hydrogen-bond donors (Lipinski definition) is 0. The van der Waals surface area contributed by atoms with Gasteiger partial charge in [0.15, 0.2) is 5.82 Å². The van der Waals surface area contributed by atoms with E-state index in [-0.39, 0.29) is 29.3 Å². The van der Waals surface area contributed by atoms with Crippen molar-refractivity contribution in [2.45, 2.75) is 32.7 Å². The van der Waals surface area contributed by atoms with Gasteiger partial charge in [-0.05, 0) is 32.8 Å². The predicted octanol–water partition coefficient (Wildman–Crippen LogP) is 1.94. The van der Waals surface area contributed by atoms with Gasteiger partial charge in [0.2, 0.25) is 5.91 Å². The molecule has 1 aromatic rings. The van der Waals surface area contributed by atoms with Crippen molar-refractivity contribution in [1.82, 2.24) is 14.8 Å². The molecule has 2 heterocycles. The number of likely N-dealkylation sites (tertiary alicyclic amines) is 1. The molecule has 2 amide bonds. The molecule has 0 aromatic carbocycles. The van der Waals surface area contributed by atoms with Gasteiger partial charge in [-0.3, -0.25) is 14.6 Å². The van der Waals surface area contributed by atoms with Crippen LogP contribution in [-0.4, -0.2) is 52.8 Å². The van der Waals surface area contributed by atoms with E-state index in [0.717, 1.165) is 19.0 Å². The monoisotopic (exact) mass is 307 g/mol. The maximum absolute atomic E-state index is 13.7. The van der Waals surface area contributed by atoms with Crippen LogP contribution in [0.3, 0.4) is 0 Å². The second-order valence-corrected chi connectivity index (χ2v) is 5.99. The van der Waals surface area contributed by atoms with Gasteiger partial charge in [0.25, 0.3) is 5.91 Å². The Balaban J connectivity index is 2.09. The molecule has 120 valence electrons. The van der Waals surface area contributed by atoms with Crippen LogP contribution in [-0.2, 0) is 4.79 Å². The van der Waals surface area contributed by atoms with Gasteiger partial charge in [0.05, 0.1) is 17.7 Å². The number of amides is 2. The molecule has 1 aliphatic rings. The van der Waals surface area contributed by atoms with Crippen molar-refractivity contribution < 1.29 is 14.0 Å². The molecule has 5 nitrogen and oxygen atoms in total. The lowest BCUT2D eigenvalue weighted by molar-refractivity contribution is -0.137. The third kappa shape index (κ3) is 3.43. The van der Waals surface area contributed by atoms with E-state index in [4.69, 9.17) is 0 Å². The van der Waals surface area contributed by atoms with Gasteiger partial charge in [-0.15, -0.1) is 0 Å². The molecule has 0 spiro atoms. The lowest BCUT2D eigenvalue weighted by atomic mass is 9.95. The van der Waals surface area contributed by atoms with Crippen LogP contribution in [0.1, 0.15) is 37.0 Å². The van der Waals surface area contributed by atoms with Crippen LogP contribution in [0, 0.1) is 11.7 Å². The Kier molecular flexibility index (Phi) is 5.11. The van der Waals surface area contributed by atoms with E-state index in [1.807, 2.05) is 13.8 Å². The van der Waals surface area contributed by atoms with Crippen molar-refractivity contribution in [1.29, 1.82) is 0 Å². The summed E-state index contributed by atoms with van der Waals surface area (Å²) in [6.45, 7) is 4.80. The van der Waals surface area contributed by atoms with E-state index in [1.165, 1.54) is 12.3 Å². The maximum atomic E-state index is 13.7. The molecule has 6 heteroatoms. The summed E-state index contributed by atoms with van der Waals surface area (Å²) < 4.78 is 13.7. The van der Waals surface area contributed by atoms with Gasteiger partial charge in [-0.1, -0.05) is 0 Å². The van der Waals surface area contributed by atoms with Crippen molar-refractivity contribution in [3.63, 3.8) is 0 Å². The average molecular weight is 307 g/mol. The predicted molar refractivity (Wildman–Crippen MR) is 80.7 cm³/mol. The van der Waals surface area contributed by atoms with Gasteiger partial charge in [0, 0.05) is 32.4 Å². The van der Waals surface area contributed by atoms with E-state index in [2.05, 4.69) is 4.98 Å². The summed E-state index contributed by atoms with van der Waals surface area (Å²) in [5.74, 6) is -1.16. The van der Waals surface area contributed by atoms with Crippen molar-refractivity contribution in [3.05, 3.63) is 29.8 Å². The van der Waals surface area contributed by atoms with E-state index >= 15 is 0 Å². The summed E-state index contributed by atoms with van der Waals surface area (Å²) in [5, 5.41) is 0. The number of piperidine rings is 1. The Hall–Kier alpha value is -1.98. The zero-order valence-electron chi connectivity index (χ0n) is 13.3. The molecule has 1 saturated heterocycles. The lowest BCUT2D eigenvalue weighted by Gasteiger charge is -2.35. The number of pyridine rings is 1. The summed E-state index contributed by atoms with van der Waals surface area (Å²) in [4.78, 5) is 31.8. The van der Waals surface area contributed by atoms with E-state index < -0.39 is 5.82 Å². The molecule has 0 saturated carbocycles. The van der Waals surface area contributed by atoms with Gasteiger partial charge < -0.3 is 9.80 Å². The minimum absolute atomic E-state index is 0.0142. The number of nitrogens with zero attached hydrogens (tertiary/aromatic N) is 3. The minimum Gasteiger partial charge on any atom is -0.343 e. The molecule has 0 radical (unpaired) electrons. The number of aromatic nitrogens is 1. The molecule has 22 heavy (non-hydrogen) atoms. The average Bonchev–Trinajstić information content (AvgIpc) is 2.53. The summed E-state index contributed by atoms with van der Waals surface area (Å²) >= 11 is 0. The van der Waals surface area contributed by atoms with E-state index in [9.17, 15) is 14.0 Å². The van der Waals surface area contributed by atoms with Crippen molar-refractivity contribution in [2.24, 2.45) is 5.92 Å². The first-order valence-corrected chi connectivity index (χ1v) is 7.57. The molecule has 1 aliphatic heterocycles. The second-order valence-electron chi connectivity index (χ2n) is 5.99. The summed E-state index contributed by atoms with van der Waals surface area (Å²) in [7, 11) is 1.77. The largest absolute Gasteiger partial charge is 0.343 e. The van der Waals surface area contributed by atoms with Crippen LogP contribution in [0.4, 0.5) is 4.39 Å². The number of carbonyl (C=O) groups is 2. The first kappa shape index (κ1) is 16.4. The Morgan fingerprint density at radius 3 is 2.82 bits per heavy atom. The zero-order chi connectivity index (χ0) is 16.3. The highest BCUT2D eigenvalue weighted by Gasteiger charge is 2.31. The number of carbonyl (C=O) groups excluding carboxylic acids is 2. The standard InChI is InChI=1S/C16H22FN3O2/c1-11(2)19(3)15(21)12-5-4-8-20(10-12)16(22)13-6-7-18-9-14(13)17/h6-7,9,11-12H,4-5,8,10H2,1-3H3/t12-/m1/s1.